The summed E-state index contributed by atoms with van der Waals surface area (Å²) in [6.45, 7) is 5.97. The Bertz CT molecular complexity index is 986. The van der Waals surface area contributed by atoms with Crippen molar-refractivity contribution in [2.24, 2.45) is 0 Å². The fourth-order valence-electron chi connectivity index (χ4n) is 2.45. The number of carbonyl (C=O) groups excluding carboxylic acids is 1. The molecule has 1 heterocycles. The van der Waals surface area contributed by atoms with Crippen LogP contribution >= 0.6 is 0 Å². The molecule has 0 fully saturated rings. The van der Waals surface area contributed by atoms with Gasteiger partial charge in [-0.15, -0.1) is 0 Å². The fourth-order valence-corrected chi connectivity index (χ4v) is 2.45. The first-order valence-electron chi connectivity index (χ1n) is 8.37. The van der Waals surface area contributed by atoms with Gasteiger partial charge in [-0.3, -0.25) is 9.78 Å². The molecule has 0 aliphatic carbocycles. The van der Waals surface area contributed by atoms with Gasteiger partial charge in [-0.25, -0.2) is 9.78 Å². The third-order valence-corrected chi connectivity index (χ3v) is 3.66. The van der Waals surface area contributed by atoms with Crippen LogP contribution in [0.2, 0.25) is 0 Å². The number of H-pyrrole nitrogens is 1. The number of anilines is 1. The van der Waals surface area contributed by atoms with E-state index in [4.69, 9.17) is 4.74 Å². The topological polar surface area (TPSA) is 84.1 Å². The monoisotopic (exact) mass is 351 g/mol. The highest BCUT2D eigenvalue weighted by Gasteiger charge is 2.17. The lowest BCUT2D eigenvalue weighted by Gasteiger charge is -2.19. The fraction of sp³-hybridized carbons (Fsp3) is 0.250. The van der Waals surface area contributed by atoms with E-state index < -0.39 is 5.60 Å². The minimum absolute atomic E-state index is 0.182. The highest BCUT2D eigenvalue weighted by Crippen LogP contribution is 2.14. The smallest absolute Gasteiger partial charge is 0.338 e. The quantitative estimate of drug-likeness (QED) is 0.703. The van der Waals surface area contributed by atoms with Crippen LogP contribution in [0.15, 0.2) is 53.3 Å². The second kappa shape index (κ2) is 7.00. The average molecular weight is 351 g/mol. The number of rotatable bonds is 4. The maximum absolute atomic E-state index is 12.1. The minimum atomic E-state index is -0.523. The Labute approximate surface area is 151 Å². The summed E-state index contributed by atoms with van der Waals surface area (Å²) >= 11 is 0. The summed E-state index contributed by atoms with van der Waals surface area (Å²) in [5, 5.41) is 3.65. The van der Waals surface area contributed by atoms with Crippen molar-refractivity contribution in [3.8, 4) is 0 Å². The summed E-state index contributed by atoms with van der Waals surface area (Å²) in [6, 6.07) is 14.3. The molecule has 0 saturated carbocycles. The first kappa shape index (κ1) is 17.7. The number of carbonyl (C=O) groups is 1. The molecule has 0 bridgehead atoms. The van der Waals surface area contributed by atoms with E-state index in [2.05, 4.69) is 15.3 Å². The number of aromatic nitrogens is 2. The normalized spacial score (nSPS) is 11.3. The molecule has 6 heteroatoms. The van der Waals surface area contributed by atoms with Gasteiger partial charge in [-0.2, -0.15) is 0 Å². The van der Waals surface area contributed by atoms with Gasteiger partial charge in [0.2, 0.25) is 5.95 Å². The van der Waals surface area contributed by atoms with Crippen molar-refractivity contribution in [1.82, 2.24) is 9.97 Å². The van der Waals surface area contributed by atoms with E-state index >= 15 is 0 Å². The zero-order chi connectivity index (χ0) is 18.7. The van der Waals surface area contributed by atoms with Gasteiger partial charge in [-0.1, -0.05) is 24.3 Å². The largest absolute Gasteiger partial charge is 0.456 e. The predicted octanol–water partition coefficient (Wildman–Crippen LogP) is 3.49. The molecule has 0 unspecified atom stereocenters. The van der Waals surface area contributed by atoms with Crippen LogP contribution in [0.1, 0.15) is 36.7 Å². The molecular formula is C20H21N3O3. The van der Waals surface area contributed by atoms with Crippen molar-refractivity contribution in [2.45, 2.75) is 32.9 Å². The number of benzene rings is 2. The van der Waals surface area contributed by atoms with Crippen LogP contribution in [0.4, 0.5) is 5.95 Å². The lowest BCUT2D eigenvalue weighted by atomic mass is 10.1. The summed E-state index contributed by atoms with van der Waals surface area (Å²) in [6.07, 6.45) is 0. The van der Waals surface area contributed by atoms with Crippen molar-refractivity contribution in [3.05, 3.63) is 70.0 Å². The SMILES string of the molecule is CC(C)(C)OC(=O)c1ccc(CNc2nc3ccccc3c(=O)[nH]2)cc1. The van der Waals surface area contributed by atoms with Gasteiger partial charge in [0.25, 0.3) is 5.56 Å². The van der Waals surface area contributed by atoms with Crippen molar-refractivity contribution >= 4 is 22.8 Å². The molecule has 3 aromatic rings. The highest BCUT2D eigenvalue weighted by atomic mass is 16.6. The van der Waals surface area contributed by atoms with Crippen LogP contribution in [0.25, 0.3) is 10.9 Å². The number of fused-ring (bicyclic) bond motifs is 1. The molecular weight excluding hydrogens is 330 g/mol. The van der Waals surface area contributed by atoms with Crippen LogP contribution in [-0.2, 0) is 11.3 Å². The van der Waals surface area contributed by atoms with E-state index in [1.807, 2.05) is 39.0 Å². The second-order valence-corrected chi connectivity index (χ2v) is 6.98. The van der Waals surface area contributed by atoms with E-state index in [1.54, 1.807) is 30.3 Å². The number of nitrogens with one attached hydrogen (secondary N) is 2. The van der Waals surface area contributed by atoms with Crippen molar-refractivity contribution in [1.29, 1.82) is 0 Å². The number of hydrogen-bond donors (Lipinski definition) is 2. The highest BCUT2D eigenvalue weighted by molar-refractivity contribution is 5.89. The summed E-state index contributed by atoms with van der Waals surface area (Å²) in [5.41, 5.74) is 1.39. The lowest BCUT2D eigenvalue weighted by Crippen LogP contribution is -2.23. The van der Waals surface area contributed by atoms with Crippen molar-refractivity contribution in [2.75, 3.05) is 5.32 Å². The van der Waals surface area contributed by atoms with E-state index in [1.165, 1.54) is 0 Å². The van der Waals surface area contributed by atoms with Gasteiger partial charge >= 0.3 is 5.97 Å². The second-order valence-electron chi connectivity index (χ2n) is 6.98. The zero-order valence-electron chi connectivity index (χ0n) is 15.0. The molecule has 0 amide bonds. The number of hydrogen-bond acceptors (Lipinski definition) is 5. The third-order valence-electron chi connectivity index (χ3n) is 3.66. The molecule has 0 aliphatic rings. The van der Waals surface area contributed by atoms with Gasteiger partial charge in [0.05, 0.1) is 16.5 Å². The molecule has 0 spiro atoms. The standard InChI is InChI=1S/C20H21N3O3/c1-20(2,3)26-18(25)14-10-8-13(9-11-14)12-21-19-22-16-7-5-4-6-15(16)17(24)23-19/h4-11H,12H2,1-3H3,(H2,21,22,23,24). The van der Waals surface area contributed by atoms with Crippen molar-refractivity contribution in [3.63, 3.8) is 0 Å². The van der Waals surface area contributed by atoms with Gasteiger partial charge < -0.3 is 10.1 Å². The Balaban J connectivity index is 1.69. The maximum atomic E-state index is 12.1. The molecule has 0 atom stereocenters. The third kappa shape index (κ3) is 4.27. The Hall–Kier alpha value is -3.15. The molecule has 134 valence electrons. The predicted molar refractivity (Wildman–Crippen MR) is 101 cm³/mol. The maximum Gasteiger partial charge on any atom is 0.338 e. The Kier molecular flexibility index (Phi) is 4.75. The molecule has 0 radical (unpaired) electrons. The van der Waals surface area contributed by atoms with E-state index in [0.717, 1.165) is 5.56 Å². The van der Waals surface area contributed by atoms with E-state index in [-0.39, 0.29) is 11.5 Å². The van der Waals surface area contributed by atoms with Gasteiger partial charge in [0, 0.05) is 6.54 Å². The first-order chi connectivity index (χ1) is 12.3. The summed E-state index contributed by atoms with van der Waals surface area (Å²) in [7, 11) is 0. The number of esters is 1. The summed E-state index contributed by atoms with van der Waals surface area (Å²) in [5.74, 6) is 0.0578. The molecule has 1 aromatic heterocycles. The molecule has 2 aromatic carbocycles. The van der Waals surface area contributed by atoms with Crippen molar-refractivity contribution < 1.29 is 9.53 Å². The summed E-state index contributed by atoms with van der Waals surface area (Å²) in [4.78, 5) is 31.2. The number of ether oxygens (including phenoxy) is 1. The molecule has 0 saturated heterocycles. The van der Waals surface area contributed by atoms with Gasteiger partial charge in [0.15, 0.2) is 0 Å². The minimum Gasteiger partial charge on any atom is -0.456 e. The summed E-state index contributed by atoms with van der Waals surface area (Å²) < 4.78 is 5.34. The molecule has 3 rings (SSSR count). The molecule has 2 N–H and O–H groups in total. The van der Waals surface area contributed by atoms with Gasteiger partial charge in [-0.05, 0) is 50.6 Å². The Morgan fingerprint density at radius 1 is 1.12 bits per heavy atom. The Morgan fingerprint density at radius 3 is 2.50 bits per heavy atom. The first-order valence-corrected chi connectivity index (χ1v) is 8.37. The zero-order valence-corrected chi connectivity index (χ0v) is 15.0. The molecule has 26 heavy (non-hydrogen) atoms. The van der Waals surface area contributed by atoms with Crippen LogP contribution in [0.5, 0.6) is 0 Å². The average Bonchev–Trinajstić information content (AvgIpc) is 2.59. The van der Waals surface area contributed by atoms with Crippen LogP contribution in [-0.4, -0.2) is 21.5 Å². The van der Waals surface area contributed by atoms with Gasteiger partial charge in [0.1, 0.15) is 5.60 Å². The number of nitrogens with zero attached hydrogens (tertiary/aromatic N) is 1. The Morgan fingerprint density at radius 2 is 1.81 bits per heavy atom. The lowest BCUT2D eigenvalue weighted by molar-refractivity contribution is 0.00695. The van der Waals surface area contributed by atoms with E-state index in [0.29, 0.717) is 29.0 Å². The molecule has 0 aliphatic heterocycles. The van der Waals surface area contributed by atoms with Crippen LogP contribution in [0.3, 0.4) is 0 Å². The number of aromatic amines is 1. The van der Waals surface area contributed by atoms with E-state index in [9.17, 15) is 9.59 Å². The van der Waals surface area contributed by atoms with Crippen LogP contribution < -0.4 is 10.9 Å². The number of para-hydroxylation sites is 1. The molecule has 6 nitrogen and oxygen atoms in total. The van der Waals surface area contributed by atoms with Crippen LogP contribution in [0, 0.1) is 0 Å².